The Morgan fingerprint density at radius 1 is 1.19 bits per heavy atom. The van der Waals surface area contributed by atoms with Crippen LogP contribution in [0.3, 0.4) is 0 Å². The molecule has 5 nitrogen and oxygen atoms in total. The zero-order valence-electron chi connectivity index (χ0n) is 10.5. The molecule has 0 bridgehead atoms. The van der Waals surface area contributed by atoms with Crippen molar-refractivity contribution in [3.8, 4) is 0 Å². The van der Waals surface area contributed by atoms with Crippen molar-refractivity contribution in [2.24, 2.45) is 0 Å². The third kappa shape index (κ3) is 3.37. The zero-order valence-corrected chi connectivity index (χ0v) is 12.1. The van der Waals surface area contributed by atoms with Crippen molar-refractivity contribution in [3.05, 3.63) is 69.0 Å². The summed E-state index contributed by atoms with van der Waals surface area (Å²) in [6.45, 7) is 0. The largest absolute Gasteiger partial charge is 0.287 e. The van der Waals surface area contributed by atoms with Crippen molar-refractivity contribution in [2.75, 3.05) is 0 Å². The summed E-state index contributed by atoms with van der Waals surface area (Å²) >= 11 is 5.79. The van der Waals surface area contributed by atoms with E-state index in [2.05, 4.69) is 0 Å². The fraction of sp³-hybridized carbons (Fsp3) is 0.0769. The minimum atomic E-state index is -3.97. The molecule has 0 unspecified atom stereocenters. The van der Waals surface area contributed by atoms with E-state index in [4.69, 9.17) is 11.6 Å². The minimum Gasteiger partial charge on any atom is -0.258 e. The van der Waals surface area contributed by atoms with Gasteiger partial charge in [-0.25, -0.2) is 12.8 Å². The van der Waals surface area contributed by atoms with Crippen LogP contribution in [0, 0.1) is 15.9 Å². The highest BCUT2D eigenvalue weighted by Crippen LogP contribution is 2.28. The van der Waals surface area contributed by atoms with Gasteiger partial charge in [0.15, 0.2) is 9.84 Å². The fourth-order valence-corrected chi connectivity index (χ4v) is 3.67. The van der Waals surface area contributed by atoms with E-state index in [1.165, 1.54) is 18.2 Å². The van der Waals surface area contributed by atoms with Gasteiger partial charge >= 0.3 is 0 Å². The van der Waals surface area contributed by atoms with Gasteiger partial charge in [0, 0.05) is 11.1 Å². The summed E-state index contributed by atoms with van der Waals surface area (Å²) in [4.78, 5) is 9.74. The summed E-state index contributed by atoms with van der Waals surface area (Å²) in [5.74, 6) is -1.14. The van der Waals surface area contributed by atoms with Crippen LogP contribution in [0.2, 0.25) is 5.02 Å². The van der Waals surface area contributed by atoms with E-state index in [0.29, 0.717) is 0 Å². The number of nitro groups is 1. The fourth-order valence-electron chi connectivity index (χ4n) is 1.79. The van der Waals surface area contributed by atoms with Gasteiger partial charge < -0.3 is 0 Å². The predicted molar refractivity (Wildman–Crippen MR) is 75.4 cm³/mol. The third-order valence-electron chi connectivity index (χ3n) is 2.76. The van der Waals surface area contributed by atoms with Crippen LogP contribution in [0.15, 0.2) is 47.4 Å². The van der Waals surface area contributed by atoms with Gasteiger partial charge in [-0.3, -0.25) is 10.1 Å². The molecule has 2 rings (SSSR count). The molecule has 21 heavy (non-hydrogen) atoms. The van der Waals surface area contributed by atoms with E-state index in [1.54, 1.807) is 0 Å². The molecule has 0 aliphatic rings. The average Bonchev–Trinajstić information content (AvgIpc) is 2.42. The first-order chi connectivity index (χ1) is 9.81. The van der Waals surface area contributed by atoms with E-state index >= 15 is 0 Å². The number of rotatable bonds is 4. The first kappa shape index (κ1) is 15.4. The molecule has 0 aromatic heterocycles. The lowest BCUT2D eigenvalue weighted by molar-refractivity contribution is -0.387. The van der Waals surface area contributed by atoms with Crippen LogP contribution in [0.5, 0.6) is 0 Å². The first-order valence-corrected chi connectivity index (χ1v) is 7.74. The molecule has 0 atom stereocenters. The van der Waals surface area contributed by atoms with Crippen LogP contribution < -0.4 is 0 Å². The Morgan fingerprint density at radius 2 is 1.86 bits per heavy atom. The van der Waals surface area contributed by atoms with Crippen LogP contribution in [0.25, 0.3) is 0 Å². The number of nitrogens with zero attached hydrogens (tertiary/aromatic N) is 1. The van der Waals surface area contributed by atoms with Crippen molar-refractivity contribution < 1.29 is 17.7 Å². The number of hydrogen-bond acceptors (Lipinski definition) is 4. The van der Waals surface area contributed by atoms with E-state index in [1.807, 2.05) is 0 Å². The molecule has 2 aromatic carbocycles. The maximum absolute atomic E-state index is 13.0. The standard InChI is InChI=1S/C13H9ClFNO4S/c14-11-7-10(15)6-5-9(11)8-21(19,20)13-4-2-1-3-12(13)16(17)18/h1-7H,8H2. The summed E-state index contributed by atoms with van der Waals surface area (Å²) in [7, 11) is -3.97. The lowest BCUT2D eigenvalue weighted by Crippen LogP contribution is -2.08. The highest BCUT2D eigenvalue weighted by molar-refractivity contribution is 7.90. The number of nitro benzene ring substituents is 1. The van der Waals surface area contributed by atoms with E-state index in [0.717, 1.165) is 24.3 Å². The molecule has 0 aliphatic heterocycles. The van der Waals surface area contributed by atoms with Crippen LogP contribution in [-0.2, 0) is 15.6 Å². The van der Waals surface area contributed by atoms with Gasteiger partial charge in [-0.1, -0.05) is 29.8 Å². The lowest BCUT2D eigenvalue weighted by Gasteiger charge is -2.07. The van der Waals surface area contributed by atoms with Crippen LogP contribution in [0.1, 0.15) is 5.56 Å². The maximum Gasteiger partial charge on any atom is 0.287 e. The minimum absolute atomic E-state index is 0.0443. The Hall–Kier alpha value is -1.99. The molecule has 0 aliphatic carbocycles. The van der Waals surface area contributed by atoms with E-state index in [-0.39, 0.29) is 10.6 Å². The molecule has 110 valence electrons. The summed E-state index contributed by atoms with van der Waals surface area (Å²) in [5.41, 5.74) is -0.327. The topological polar surface area (TPSA) is 77.3 Å². The molecule has 0 heterocycles. The number of benzene rings is 2. The second-order valence-corrected chi connectivity index (χ2v) is 6.58. The Labute approximate surface area is 125 Å². The maximum atomic E-state index is 13.0. The highest BCUT2D eigenvalue weighted by atomic mass is 35.5. The van der Waals surface area contributed by atoms with Crippen molar-refractivity contribution in [1.82, 2.24) is 0 Å². The zero-order chi connectivity index (χ0) is 15.6. The number of halogens is 2. The Balaban J connectivity index is 2.46. The normalized spacial score (nSPS) is 11.3. The molecule has 0 N–H and O–H groups in total. The summed E-state index contributed by atoms with van der Waals surface area (Å²) in [6, 6.07) is 8.35. The number of sulfone groups is 1. The summed E-state index contributed by atoms with van der Waals surface area (Å²) < 4.78 is 37.6. The third-order valence-corrected chi connectivity index (χ3v) is 4.82. The smallest absolute Gasteiger partial charge is 0.258 e. The van der Waals surface area contributed by atoms with Crippen molar-refractivity contribution >= 4 is 27.1 Å². The van der Waals surface area contributed by atoms with Crippen molar-refractivity contribution in [1.29, 1.82) is 0 Å². The summed E-state index contributed by atoms with van der Waals surface area (Å²) in [6.07, 6.45) is 0. The molecule has 0 saturated heterocycles. The van der Waals surface area contributed by atoms with E-state index in [9.17, 15) is 22.9 Å². The number of hydrogen-bond donors (Lipinski definition) is 0. The molecule has 0 fully saturated rings. The monoisotopic (exact) mass is 329 g/mol. The summed E-state index contributed by atoms with van der Waals surface area (Å²) in [5, 5.41) is 10.9. The Bertz CT molecular complexity index is 808. The molecule has 8 heteroatoms. The first-order valence-electron chi connectivity index (χ1n) is 5.71. The van der Waals surface area contributed by atoms with Crippen molar-refractivity contribution in [3.63, 3.8) is 0 Å². The molecule has 0 saturated carbocycles. The predicted octanol–water partition coefficient (Wildman–Crippen LogP) is 3.36. The highest BCUT2D eigenvalue weighted by Gasteiger charge is 2.26. The molecular formula is C13H9ClFNO4S. The van der Waals surface area contributed by atoms with Crippen LogP contribution in [-0.4, -0.2) is 13.3 Å². The van der Waals surface area contributed by atoms with Gasteiger partial charge in [0.05, 0.1) is 10.7 Å². The SMILES string of the molecule is O=[N+]([O-])c1ccccc1S(=O)(=O)Cc1ccc(F)cc1Cl. The molecule has 0 amide bonds. The second kappa shape index (κ2) is 5.79. The molecule has 2 aromatic rings. The molecular weight excluding hydrogens is 321 g/mol. The average molecular weight is 330 g/mol. The second-order valence-electron chi connectivity index (χ2n) is 4.22. The van der Waals surface area contributed by atoms with Crippen LogP contribution in [0.4, 0.5) is 10.1 Å². The number of para-hydroxylation sites is 1. The van der Waals surface area contributed by atoms with Crippen LogP contribution >= 0.6 is 11.6 Å². The van der Waals surface area contributed by atoms with Gasteiger partial charge in [-0.2, -0.15) is 0 Å². The Morgan fingerprint density at radius 3 is 2.48 bits per heavy atom. The van der Waals surface area contributed by atoms with Gasteiger partial charge in [0.2, 0.25) is 0 Å². The molecule has 0 spiro atoms. The van der Waals surface area contributed by atoms with E-state index < -0.39 is 36.9 Å². The van der Waals surface area contributed by atoms with Gasteiger partial charge in [-0.05, 0) is 23.8 Å². The Kier molecular flexibility index (Phi) is 4.24. The van der Waals surface area contributed by atoms with Crippen molar-refractivity contribution in [2.45, 2.75) is 10.6 Å². The van der Waals surface area contributed by atoms with Gasteiger partial charge in [-0.15, -0.1) is 0 Å². The molecule has 0 radical (unpaired) electrons. The quantitative estimate of drug-likeness (QED) is 0.636. The van der Waals surface area contributed by atoms with Gasteiger partial charge in [0.1, 0.15) is 10.7 Å². The lowest BCUT2D eigenvalue weighted by atomic mass is 10.2. The van der Waals surface area contributed by atoms with Gasteiger partial charge in [0.25, 0.3) is 5.69 Å².